The normalized spacial score (nSPS) is 12.0. The Morgan fingerprint density at radius 1 is 0.591 bits per heavy atom. The van der Waals surface area contributed by atoms with Crippen molar-refractivity contribution in [2.75, 3.05) is 25.6 Å². The van der Waals surface area contributed by atoms with Crippen LogP contribution in [0, 0.1) is 0 Å². The van der Waals surface area contributed by atoms with Gasteiger partial charge < -0.3 is 13.3 Å². The van der Waals surface area contributed by atoms with E-state index in [1.165, 1.54) is 51.4 Å². The van der Waals surface area contributed by atoms with Gasteiger partial charge in [-0.15, -0.1) is 0 Å². The SMILES string of the molecule is CCO[Si](CCCCCCCCCCCS)(OCC)OCC. The van der Waals surface area contributed by atoms with Crippen molar-refractivity contribution in [1.29, 1.82) is 0 Å². The third-order valence-electron chi connectivity index (χ3n) is 3.73. The molecule has 0 amide bonds. The van der Waals surface area contributed by atoms with Crippen LogP contribution in [-0.4, -0.2) is 34.4 Å². The summed E-state index contributed by atoms with van der Waals surface area (Å²) in [6, 6.07) is 0.963. The van der Waals surface area contributed by atoms with E-state index in [1.54, 1.807) is 0 Å². The molecule has 0 radical (unpaired) electrons. The maximum atomic E-state index is 5.88. The van der Waals surface area contributed by atoms with Gasteiger partial charge >= 0.3 is 8.80 Å². The highest BCUT2D eigenvalue weighted by Crippen LogP contribution is 2.20. The standard InChI is InChI=1S/C17H38O3SSi/c1-4-18-22(19-5-2,20-6-3)17-15-13-11-9-7-8-10-12-14-16-21/h21H,4-17H2,1-3H3. The number of hydrogen-bond acceptors (Lipinski definition) is 4. The highest BCUT2D eigenvalue weighted by Gasteiger charge is 2.39. The van der Waals surface area contributed by atoms with Crippen molar-refractivity contribution in [3.63, 3.8) is 0 Å². The average molecular weight is 351 g/mol. The zero-order chi connectivity index (χ0) is 16.5. The molecule has 0 aliphatic rings. The fourth-order valence-corrected chi connectivity index (χ4v) is 5.60. The molecule has 0 aliphatic heterocycles. The maximum absolute atomic E-state index is 5.88. The highest BCUT2D eigenvalue weighted by molar-refractivity contribution is 7.80. The molecule has 0 saturated carbocycles. The molecule has 0 aliphatic carbocycles. The Balaban J connectivity index is 3.70. The lowest BCUT2D eigenvalue weighted by Crippen LogP contribution is -2.45. The minimum atomic E-state index is -2.39. The summed E-state index contributed by atoms with van der Waals surface area (Å²) in [6.07, 6.45) is 11.8. The van der Waals surface area contributed by atoms with Gasteiger partial charge in [-0.3, -0.25) is 0 Å². The van der Waals surface area contributed by atoms with Gasteiger partial charge in [0.15, 0.2) is 0 Å². The zero-order valence-corrected chi connectivity index (χ0v) is 17.0. The van der Waals surface area contributed by atoms with Gasteiger partial charge in [0, 0.05) is 25.9 Å². The fourth-order valence-electron chi connectivity index (χ4n) is 2.69. The maximum Gasteiger partial charge on any atom is 0.500 e. The van der Waals surface area contributed by atoms with Gasteiger partial charge in [-0.1, -0.05) is 44.9 Å². The molecule has 0 N–H and O–H groups in total. The molecule has 0 saturated heterocycles. The molecule has 0 rings (SSSR count). The lowest BCUT2D eigenvalue weighted by atomic mass is 10.1. The van der Waals surface area contributed by atoms with Crippen molar-refractivity contribution in [3.05, 3.63) is 0 Å². The second-order valence-electron chi connectivity index (χ2n) is 5.64. The Morgan fingerprint density at radius 2 is 0.955 bits per heavy atom. The fraction of sp³-hybridized carbons (Fsp3) is 1.00. The molecule has 3 nitrogen and oxygen atoms in total. The number of thiol groups is 1. The van der Waals surface area contributed by atoms with Crippen LogP contribution >= 0.6 is 12.6 Å². The minimum absolute atomic E-state index is 0.679. The van der Waals surface area contributed by atoms with Crippen LogP contribution < -0.4 is 0 Å². The molecule has 22 heavy (non-hydrogen) atoms. The van der Waals surface area contributed by atoms with Gasteiger partial charge in [-0.25, -0.2) is 0 Å². The van der Waals surface area contributed by atoms with E-state index in [2.05, 4.69) is 12.6 Å². The van der Waals surface area contributed by atoms with Crippen LogP contribution in [0.25, 0.3) is 0 Å². The molecule has 0 bridgehead atoms. The minimum Gasteiger partial charge on any atom is -0.374 e. The molecule has 5 heteroatoms. The first-order valence-corrected chi connectivity index (χ1v) is 11.8. The number of rotatable bonds is 17. The molecule has 0 heterocycles. The van der Waals surface area contributed by atoms with E-state index in [4.69, 9.17) is 13.3 Å². The van der Waals surface area contributed by atoms with Crippen molar-refractivity contribution >= 4 is 21.4 Å². The summed E-state index contributed by atoms with van der Waals surface area (Å²) in [4.78, 5) is 0. The zero-order valence-electron chi connectivity index (χ0n) is 15.1. The first-order valence-electron chi connectivity index (χ1n) is 9.27. The predicted molar refractivity (Wildman–Crippen MR) is 101 cm³/mol. The quantitative estimate of drug-likeness (QED) is 0.214. The highest BCUT2D eigenvalue weighted by atomic mass is 32.1. The van der Waals surface area contributed by atoms with Crippen LogP contribution in [0.15, 0.2) is 0 Å². The van der Waals surface area contributed by atoms with Gasteiger partial charge in [-0.05, 0) is 39.4 Å². The Hall–Kier alpha value is 0.447. The van der Waals surface area contributed by atoms with Crippen molar-refractivity contribution in [1.82, 2.24) is 0 Å². The molecule has 134 valence electrons. The predicted octanol–water partition coefficient (Wildman–Crippen LogP) is 5.48. The summed E-state index contributed by atoms with van der Waals surface area (Å²) >= 11 is 4.24. The summed E-state index contributed by atoms with van der Waals surface area (Å²) in [5.41, 5.74) is 0. The molecule has 0 spiro atoms. The smallest absolute Gasteiger partial charge is 0.374 e. The van der Waals surface area contributed by atoms with Gasteiger partial charge in [0.05, 0.1) is 0 Å². The first kappa shape index (κ1) is 22.4. The largest absolute Gasteiger partial charge is 0.500 e. The van der Waals surface area contributed by atoms with Crippen molar-refractivity contribution < 1.29 is 13.3 Å². The molecule has 0 atom stereocenters. The first-order chi connectivity index (χ1) is 10.7. The van der Waals surface area contributed by atoms with Gasteiger partial charge in [0.1, 0.15) is 0 Å². The summed E-state index contributed by atoms with van der Waals surface area (Å²) in [6.45, 7) is 8.10. The van der Waals surface area contributed by atoms with Gasteiger partial charge in [0.2, 0.25) is 0 Å². The third-order valence-corrected chi connectivity index (χ3v) is 7.20. The van der Waals surface area contributed by atoms with Crippen molar-refractivity contribution in [2.24, 2.45) is 0 Å². The molecule has 0 aromatic rings. The lowest BCUT2D eigenvalue weighted by Gasteiger charge is -2.28. The molecular formula is C17H38O3SSi. The number of hydrogen-bond donors (Lipinski definition) is 1. The van der Waals surface area contributed by atoms with E-state index in [9.17, 15) is 0 Å². The Morgan fingerprint density at radius 3 is 1.32 bits per heavy atom. The van der Waals surface area contributed by atoms with Crippen LogP contribution in [0.4, 0.5) is 0 Å². The molecule has 0 aromatic heterocycles. The van der Waals surface area contributed by atoms with E-state index < -0.39 is 8.80 Å². The van der Waals surface area contributed by atoms with Crippen LogP contribution in [-0.2, 0) is 13.3 Å². The monoisotopic (exact) mass is 350 g/mol. The second kappa shape index (κ2) is 16.3. The average Bonchev–Trinajstić information content (AvgIpc) is 2.50. The summed E-state index contributed by atoms with van der Waals surface area (Å²) in [5, 5.41) is 0. The summed E-state index contributed by atoms with van der Waals surface area (Å²) < 4.78 is 17.6. The topological polar surface area (TPSA) is 27.7 Å². The van der Waals surface area contributed by atoms with E-state index >= 15 is 0 Å². The van der Waals surface area contributed by atoms with Gasteiger partial charge in [-0.2, -0.15) is 12.6 Å². The molecular weight excluding hydrogens is 312 g/mol. The van der Waals surface area contributed by atoms with Gasteiger partial charge in [0.25, 0.3) is 0 Å². The Kier molecular flexibility index (Phi) is 16.6. The van der Waals surface area contributed by atoms with E-state index in [0.717, 1.165) is 18.2 Å². The van der Waals surface area contributed by atoms with Crippen molar-refractivity contribution in [2.45, 2.75) is 84.6 Å². The Labute approximate surface area is 145 Å². The van der Waals surface area contributed by atoms with E-state index in [0.29, 0.717) is 19.8 Å². The summed E-state index contributed by atoms with van der Waals surface area (Å²) in [5.74, 6) is 1.03. The van der Waals surface area contributed by atoms with Crippen LogP contribution in [0.1, 0.15) is 78.6 Å². The Bertz CT molecular complexity index is 213. The molecule has 0 unspecified atom stereocenters. The second-order valence-corrected chi connectivity index (χ2v) is 8.82. The van der Waals surface area contributed by atoms with E-state index in [1.807, 2.05) is 20.8 Å². The van der Waals surface area contributed by atoms with E-state index in [-0.39, 0.29) is 0 Å². The lowest BCUT2D eigenvalue weighted by molar-refractivity contribution is 0.0706. The van der Waals surface area contributed by atoms with Crippen molar-refractivity contribution in [3.8, 4) is 0 Å². The molecule has 0 fully saturated rings. The molecule has 0 aromatic carbocycles. The summed E-state index contributed by atoms with van der Waals surface area (Å²) in [7, 11) is -2.39. The van der Waals surface area contributed by atoms with Crippen LogP contribution in [0.5, 0.6) is 0 Å². The number of unbranched alkanes of at least 4 members (excludes halogenated alkanes) is 8. The van der Waals surface area contributed by atoms with Crippen LogP contribution in [0.3, 0.4) is 0 Å². The third kappa shape index (κ3) is 11.9. The van der Waals surface area contributed by atoms with Crippen LogP contribution in [0.2, 0.25) is 6.04 Å².